The number of aliphatic imine (C=N–C) groups is 1. The first-order valence-corrected chi connectivity index (χ1v) is 9.99. The Morgan fingerprint density at radius 1 is 1.03 bits per heavy atom. The van der Waals surface area contributed by atoms with Crippen LogP contribution in [-0.2, 0) is 19.2 Å². The van der Waals surface area contributed by atoms with Crippen molar-refractivity contribution in [3.05, 3.63) is 0 Å². The molecule has 11 N–H and O–H groups in total. The Morgan fingerprint density at radius 3 is 2.13 bits per heavy atom. The molecular formula is C18H35N7O6. The van der Waals surface area contributed by atoms with Gasteiger partial charge in [0.25, 0.3) is 0 Å². The summed E-state index contributed by atoms with van der Waals surface area (Å²) in [5.41, 5.74) is 16.2. The molecule has 0 fully saturated rings. The molecule has 0 aliphatic carbocycles. The molecule has 0 aliphatic rings. The lowest BCUT2D eigenvalue weighted by atomic mass is 9.99. The average molecular weight is 446 g/mol. The van der Waals surface area contributed by atoms with Crippen molar-refractivity contribution >= 4 is 29.7 Å². The molecule has 0 rings (SSSR count). The van der Waals surface area contributed by atoms with Gasteiger partial charge in [-0.3, -0.25) is 19.4 Å². The van der Waals surface area contributed by atoms with E-state index in [-0.39, 0.29) is 24.8 Å². The van der Waals surface area contributed by atoms with Gasteiger partial charge in [0, 0.05) is 6.54 Å². The van der Waals surface area contributed by atoms with Crippen LogP contribution in [-0.4, -0.2) is 77.2 Å². The second-order valence-electron chi connectivity index (χ2n) is 7.27. The quantitative estimate of drug-likeness (QED) is 0.0769. The molecule has 0 saturated carbocycles. The zero-order valence-electron chi connectivity index (χ0n) is 18.1. The highest BCUT2D eigenvalue weighted by Gasteiger charge is 2.29. The van der Waals surface area contributed by atoms with Crippen LogP contribution in [0.5, 0.6) is 0 Å². The minimum Gasteiger partial charge on any atom is -0.480 e. The number of carbonyl (C=O) groups is 4. The SMILES string of the molecule is CCC(C)C(NC(=O)CNC(=O)C(NC(=O)C(N)CCCN=C(N)N)C(C)O)C(=O)O. The number of carbonyl (C=O) groups excluding carboxylic acids is 3. The van der Waals surface area contributed by atoms with E-state index in [0.717, 1.165) is 0 Å². The van der Waals surface area contributed by atoms with E-state index in [9.17, 15) is 29.4 Å². The number of aliphatic hydroxyl groups excluding tert-OH is 1. The predicted molar refractivity (Wildman–Crippen MR) is 114 cm³/mol. The third kappa shape index (κ3) is 11.1. The van der Waals surface area contributed by atoms with E-state index in [4.69, 9.17) is 17.2 Å². The van der Waals surface area contributed by atoms with Crippen LogP contribution in [0.2, 0.25) is 0 Å². The Kier molecular flexibility index (Phi) is 12.8. The molecule has 31 heavy (non-hydrogen) atoms. The first kappa shape index (κ1) is 28.1. The van der Waals surface area contributed by atoms with E-state index in [1.54, 1.807) is 13.8 Å². The van der Waals surface area contributed by atoms with E-state index < -0.39 is 54.5 Å². The molecule has 0 heterocycles. The summed E-state index contributed by atoms with van der Waals surface area (Å²) in [6.07, 6.45) is -0.0658. The van der Waals surface area contributed by atoms with E-state index in [1.807, 2.05) is 0 Å². The molecule has 178 valence electrons. The van der Waals surface area contributed by atoms with Crippen molar-refractivity contribution < 1.29 is 29.4 Å². The minimum atomic E-state index is -1.35. The highest BCUT2D eigenvalue weighted by molar-refractivity contribution is 5.92. The van der Waals surface area contributed by atoms with Gasteiger partial charge < -0.3 is 43.4 Å². The number of rotatable bonds is 14. The number of aliphatic hydroxyl groups is 1. The minimum absolute atomic E-state index is 0.0771. The standard InChI is InChI=1S/C18H35N7O6/c1-4-9(2)13(17(30)31)24-12(27)8-23-16(29)14(10(3)26)25-15(28)11(19)6-5-7-22-18(20)21/h9-11,13-14,26H,4-8,19H2,1-3H3,(H,23,29)(H,24,27)(H,25,28)(H,30,31)(H4,20,21,22). The lowest BCUT2D eigenvalue weighted by molar-refractivity contribution is -0.143. The molecule has 13 heteroatoms. The maximum absolute atomic E-state index is 12.3. The predicted octanol–water partition coefficient (Wildman–Crippen LogP) is -3.04. The zero-order chi connectivity index (χ0) is 24.1. The number of amides is 3. The maximum atomic E-state index is 12.3. The van der Waals surface area contributed by atoms with Crippen molar-refractivity contribution in [2.24, 2.45) is 28.1 Å². The number of nitrogens with zero attached hydrogens (tertiary/aromatic N) is 1. The molecule has 5 unspecified atom stereocenters. The van der Waals surface area contributed by atoms with E-state index in [0.29, 0.717) is 12.8 Å². The van der Waals surface area contributed by atoms with E-state index in [1.165, 1.54) is 6.92 Å². The second-order valence-corrected chi connectivity index (χ2v) is 7.27. The summed E-state index contributed by atoms with van der Waals surface area (Å²) in [5.74, 6) is -3.77. The molecular weight excluding hydrogens is 410 g/mol. The van der Waals surface area contributed by atoms with Crippen LogP contribution in [0.3, 0.4) is 0 Å². The number of nitrogens with two attached hydrogens (primary N) is 3. The van der Waals surface area contributed by atoms with Crippen LogP contribution >= 0.6 is 0 Å². The van der Waals surface area contributed by atoms with Gasteiger partial charge in [-0.1, -0.05) is 20.3 Å². The first-order valence-electron chi connectivity index (χ1n) is 9.99. The van der Waals surface area contributed by atoms with Crippen LogP contribution in [0.4, 0.5) is 0 Å². The Morgan fingerprint density at radius 2 is 1.65 bits per heavy atom. The lowest BCUT2D eigenvalue weighted by Crippen LogP contribution is -2.57. The van der Waals surface area contributed by atoms with Crippen LogP contribution in [0.25, 0.3) is 0 Å². The molecule has 0 aliphatic heterocycles. The number of aliphatic carboxylic acids is 1. The molecule has 0 aromatic carbocycles. The fourth-order valence-electron chi connectivity index (χ4n) is 2.50. The van der Waals surface area contributed by atoms with Gasteiger partial charge >= 0.3 is 5.97 Å². The highest BCUT2D eigenvalue weighted by Crippen LogP contribution is 2.07. The van der Waals surface area contributed by atoms with Crippen LogP contribution in [0, 0.1) is 5.92 Å². The Labute approximate surface area is 181 Å². The number of hydrogen-bond donors (Lipinski definition) is 8. The molecule has 5 atom stereocenters. The van der Waals surface area contributed by atoms with Crippen molar-refractivity contribution in [2.75, 3.05) is 13.1 Å². The topological polar surface area (TPSA) is 235 Å². The van der Waals surface area contributed by atoms with Gasteiger partial charge in [0.05, 0.1) is 18.7 Å². The van der Waals surface area contributed by atoms with Gasteiger partial charge in [-0.25, -0.2) is 4.79 Å². The lowest BCUT2D eigenvalue weighted by Gasteiger charge is -2.23. The largest absolute Gasteiger partial charge is 0.480 e. The van der Waals surface area contributed by atoms with Gasteiger partial charge in [0.15, 0.2) is 5.96 Å². The number of carboxylic acids is 1. The Balaban J connectivity index is 4.73. The summed E-state index contributed by atoms with van der Waals surface area (Å²) >= 11 is 0. The summed E-state index contributed by atoms with van der Waals surface area (Å²) in [4.78, 5) is 51.6. The van der Waals surface area contributed by atoms with Gasteiger partial charge in [-0.2, -0.15) is 0 Å². The molecule has 0 aromatic rings. The van der Waals surface area contributed by atoms with Crippen LogP contribution < -0.4 is 33.2 Å². The zero-order valence-corrected chi connectivity index (χ0v) is 18.1. The number of hydrogen-bond acceptors (Lipinski definition) is 7. The van der Waals surface area contributed by atoms with Gasteiger partial charge in [-0.05, 0) is 25.7 Å². The molecule has 0 aromatic heterocycles. The van der Waals surface area contributed by atoms with Crippen molar-refractivity contribution in [1.82, 2.24) is 16.0 Å². The molecule has 13 nitrogen and oxygen atoms in total. The fourth-order valence-corrected chi connectivity index (χ4v) is 2.50. The number of guanidine groups is 1. The monoisotopic (exact) mass is 445 g/mol. The fraction of sp³-hybridized carbons (Fsp3) is 0.722. The summed E-state index contributed by atoms with van der Waals surface area (Å²) in [6, 6.07) is -3.41. The highest BCUT2D eigenvalue weighted by atomic mass is 16.4. The normalized spacial score (nSPS) is 15.5. The van der Waals surface area contributed by atoms with Crippen molar-refractivity contribution in [3.63, 3.8) is 0 Å². The number of carboxylic acid groups (broad SMARTS) is 1. The van der Waals surface area contributed by atoms with Crippen molar-refractivity contribution in [2.45, 2.75) is 64.3 Å². The molecule has 0 spiro atoms. The Bertz CT molecular complexity index is 651. The third-order valence-electron chi connectivity index (χ3n) is 4.59. The third-order valence-corrected chi connectivity index (χ3v) is 4.59. The first-order chi connectivity index (χ1) is 14.4. The average Bonchev–Trinajstić information content (AvgIpc) is 2.69. The summed E-state index contributed by atoms with van der Waals surface area (Å²) < 4.78 is 0. The Hall–Kier alpha value is -2.93. The smallest absolute Gasteiger partial charge is 0.326 e. The van der Waals surface area contributed by atoms with Gasteiger partial charge in [-0.15, -0.1) is 0 Å². The number of nitrogens with one attached hydrogen (secondary N) is 3. The van der Waals surface area contributed by atoms with E-state index >= 15 is 0 Å². The molecule has 0 bridgehead atoms. The van der Waals surface area contributed by atoms with Crippen LogP contribution in [0.1, 0.15) is 40.0 Å². The summed E-state index contributed by atoms with van der Waals surface area (Å²) in [7, 11) is 0. The van der Waals surface area contributed by atoms with Gasteiger partial charge in [0.2, 0.25) is 17.7 Å². The molecule has 0 radical (unpaired) electrons. The molecule has 0 saturated heterocycles. The maximum Gasteiger partial charge on any atom is 0.326 e. The van der Waals surface area contributed by atoms with Crippen molar-refractivity contribution in [1.29, 1.82) is 0 Å². The van der Waals surface area contributed by atoms with Crippen molar-refractivity contribution in [3.8, 4) is 0 Å². The van der Waals surface area contributed by atoms with Crippen LogP contribution in [0.15, 0.2) is 4.99 Å². The summed E-state index contributed by atoms with van der Waals surface area (Å²) in [6.45, 7) is 4.51. The molecule has 3 amide bonds. The van der Waals surface area contributed by atoms with E-state index in [2.05, 4.69) is 20.9 Å². The second kappa shape index (κ2) is 14.1. The summed E-state index contributed by atoms with van der Waals surface area (Å²) in [5, 5.41) is 26.0. The van der Waals surface area contributed by atoms with Gasteiger partial charge in [0.1, 0.15) is 12.1 Å².